The minimum absolute atomic E-state index is 0.250. The molecule has 0 atom stereocenters. The second-order valence-corrected chi connectivity index (χ2v) is 6.41. The smallest absolute Gasteiger partial charge is 0.410 e. The Balaban J connectivity index is 1.77. The minimum Gasteiger partial charge on any atom is -0.444 e. The number of halogens is 1. The Labute approximate surface area is 121 Å². The first kappa shape index (κ1) is 14.1. The molecular weight excluding hydrogens is 310 g/mol. The number of likely N-dealkylation sites (tertiary alicyclic amines) is 1. The molecule has 2 heterocycles. The lowest BCUT2D eigenvalue weighted by Gasteiger charge is -2.40. The molecule has 1 fully saturated rings. The Morgan fingerprint density at radius 2 is 2.16 bits per heavy atom. The zero-order valence-corrected chi connectivity index (χ0v) is 12.9. The fourth-order valence-corrected chi connectivity index (χ4v) is 1.98. The van der Waals surface area contributed by atoms with E-state index in [1.165, 1.54) is 0 Å². The van der Waals surface area contributed by atoms with Gasteiger partial charge in [0, 0.05) is 13.1 Å². The lowest BCUT2D eigenvalue weighted by atomic mass is 10.1. The average molecular weight is 328 g/mol. The van der Waals surface area contributed by atoms with Crippen molar-refractivity contribution in [3.05, 3.63) is 22.9 Å². The number of hydrogen-bond acceptors (Lipinski definition) is 4. The highest BCUT2D eigenvalue weighted by Crippen LogP contribution is 2.19. The molecular formula is C13H18BrN3O2. The standard InChI is InChI=1S/C13H18BrN3O2/c1-13(2,3)19-12(18)17-7-10(8-17)16-9-4-5-11(14)15-6-9/h4-6,10,16H,7-8H2,1-3H3. The van der Waals surface area contributed by atoms with Crippen molar-refractivity contribution in [3.8, 4) is 0 Å². The van der Waals surface area contributed by atoms with Gasteiger partial charge in [-0.2, -0.15) is 0 Å². The molecule has 0 aromatic carbocycles. The normalized spacial score (nSPS) is 15.9. The van der Waals surface area contributed by atoms with E-state index in [0.29, 0.717) is 13.1 Å². The van der Waals surface area contributed by atoms with Crippen LogP contribution in [0.4, 0.5) is 10.5 Å². The topological polar surface area (TPSA) is 54.5 Å². The van der Waals surface area contributed by atoms with Crippen molar-refractivity contribution in [3.63, 3.8) is 0 Å². The summed E-state index contributed by atoms with van der Waals surface area (Å²) in [5, 5.41) is 3.32. The second-order valence-electron chi connectivity index (χ2n) is 5.60. The van der Waals surface area contributed by atoms with Crippen LogP contribution in [0, 0.1) is 0 Å². The molecule has 1 aliphatic heterocycles. The number of anilines is 1. The maximum Gasteiger partial charge on any atom is 0.410 e. The number of hydrogen-bond donors (Lipinski definition) is 1. The molecule has 1 aromatic heterocycles. The van der Waals surface area contributed by atoms with E-state index in [1.54, 1.807) is 11.1 Å². The molecule has 0 unspecified atom stereocenters. The SMILES string of the molecule is CC(C)(C)OC(=O)N1CC(Nc2ccc(Br)nc2)C1. The van der Waals surface area contributed by atoms with Crippen LogP contribution in [0.25, 0.3) is 0 Å². The second kappa shape index (κ2) is 5.36. The first-order chi connectivity index (χ1) is 8.83. The van der Waals surface area contributed by atoms with Gasteiger partial charge in [0.2, 0.25) is 0 Å². The summed E-state index contributed by atoms with van der Waals surface area (Å²) in [5.74, 6) is 0. The van der Waals surface area contributed by atoms with Gasteiger partial charge in [-0.15, -0.1) is 0 Å². The average Bonchev–Trinajstić information content (AvgIpc) is 2.22. The van der Waals surface area contributed by atoms with Crippen LogP contribution in [0.2, 0.25) is 0 Å². The third-order valence-electron chi connectivity index (χ3n) is 2.63. The predicted octanol–water partition coefficient (Wildman–Crippen LogP) is 2.88. The molecule has 0 spiro atoms. The Bertz CT molecular complexity index is 450. The van der Waals surface area contributed by atoms with E-state index in [9.17, 15) is 4.79 Å². The molecule has 0 bridgehead atoms. The number of carbonyl (C=O) groups excluding carboxylic acids is 1. The lowest BCUT2D eigenvalue weighted by Crippen LogP contribution is -2.57. The van der Waals surface area contributed by atoms with Crippen LogP contribution >= 0.6 is 15.9 Å². The van der Waals surface area contributed by atoms with Crippen molar-refractivity contribution in [2.75, 3.05) is 18.4 Å². The number of nitrogens with one attached hydrogen (secondary N) is 1. The van der Waals surface area contributed by atoms with Gasteiger partial charge in [0.1, 0.15) is 10.2 Å². The summed E-state index contributed by atoms with van der Waals surface area (Å²) in [7, 11) is 0. The van der Waals surface area contributed by atoms with Gasteiger partial charge in [0.05, 0.1) is 17.9 Å². The maximum atomic E-state index is 11.7. The first-order valence-electron chi connectivity index (χ1n) is 6.19. The van der Waals surface area contributed by atoms with E-state index in [0.717, 1.165) is 10.3 Å². The molecule has 0 aliphatic carbocycles. The number of pyridine rings is 1. The van der Waals surface area contributed by atoms with Gasteiger partial charge in [-0.05, 0) is 48.8 Å². The van der Waals surface area contributed by atoms with Gasteiger partial charge in [-0.25, -0.2) is 9.78 Å². The van der Waals surface area contributed by atoms with Crippen LogP contribution in [0.15, 0.2) is 22.9 Å². The fraction of sp³-hybridized carbons (Fsp3) is 0.538. The van der Waals surface area contributed by atoms with Crippen LogP contribution < -0.4 is 5.32 Å². The summed E-state index contributed by atoms with van der Waals surface area (Å²) in [4.78, 5) is 17.6. The van der Waals surface area contributed by atoms with Gasteiger partial charge < -0.3 is 15.0 Å². The van der Waals surface area contributed by atoms with E-state index in [1.807, 2.05) is 32.9 Å². The number of carbonyl (C=O) groups is 1. The van der Waals surface area contributed by atoms with E-state index >= 15 is 0 Å². The number of aromatic nitrogens is 1. The van der Waals surface area contributed by atoms with Crippen molar-refractivity contribution in [2.45, 2.75) is 32.4 Å². The molecule has 19 heavy (non-hydrogen) atoms. The summed E-state index contributed by atoms with van der Waals surface area (Å²) >= 11 is 3.29. The van der Waals surface area contributed by atoms with Crippen molar-refractivity contribution in [2.24, 2.45) is 0 Å². The molecule has 104 valence electrons. The number of nitrogens with zero attached hydrogens (tertiary/aromatic N) is 2. The molecule has 1 aromatic rings. The number of ether oxygens (including phenoxy) is 1. The van der Waals surface area contributed by atoms with E-state index in [4.69, 9.17) is 4.74 Å². The summed E-state index contributed by atoms with van der Waals surface area (Å²) in [6.45, 7) is 6.92. The number of rotatable bonds is 2. The molecule has 5 nitrogen and oxygen atoms in total. The van der Waals surface area contributed by atoms with Gasteiger partial charge in [-0.1, -0.05) is 0 Å². The third-order valence-corrected chi connectivity index (χ3v) is 3.10. The molecule has 2 rings (SSSR count). The highest BCUT2D eigenvalue weighted by atomic mass is 79.9. The molecule has 1 saturated heterocycles. The minimum atomic E-state index is -0.439. The molecule has 1 aliphatic rings. The van der Waals surface area contributed by atoms with Crippen molar-refractivity contribution >= 4 is 27.7 Å². The summed E-state index contributed by atoms with van der Waals surface area (Å²) < 4.78 is 6.10. The monoisotopic (exact) mass is 327 g/mol. The van der Waals surface area contributed by atoms with Gasteiger partial charge >= 0.3 is 6.09 Å². The van der Waals surface area contributed by atoms with Gasteiger partial charge in [0.15, 0.2) is 0 Å². The Morgan fingerprint density at radius 3 is 2.68 bits per heavy atom. The lowest BCUT2D eigenvalue weighted by molar-refractivity contribution is 0.0105. The van der Waals surface area contributed by atoms with Gasteiger partial charge in [0.25, 0.3) is 0 Å². The molecule has 1 amide bonds. The fourth-order valence-electron chi connectivity index (χ4n) is 1.74. The zero-order chi connectivity index (χ0) is 14.0. The molecule has 6 heteroatoms. The Kier molecular flexibility index (Phi) is 3.99. The van der Waals surface area contributed by atoms with Crippen LogP contribution in [0.3, 0.4) is 0 Å². The zero-order valence-electron chi connectivity index (χ0n) is 11.3. The highest BCUT2D eigenvalue weighted by Gasteiger charge is 2.33. The van der Waals surface area contributed by atoms with Crippen molar-refractivity contribution < 1.29 is 9.53 Å². The van der Waals surface area contributed by atoms with E-state index in [2.05, 4.69) is 26.2 Å². The summed E-state index contributed by atoms with van der Waals surface area (Å²) in [5.41, 5.74) is 0.516. The molecule has 1 N–H and O–H groups in total. The first-order valence-corrected chi connectivity index (χ1v) is 6.99. The summed E-state index contributed by atoms with van der Waals surface area (Å²) in [6.07, 6.45) is 1.51. The summed E-state index contributed by atoms with van der Waals surface area (Å²) in [6, 6.07) is 4.09. The third kappa shape index (κ3) is 4.09. The van der Waals surface area contributed by atoms with Crippen LogP contribution in [-0.2, 0) is 4.74 Å². The Hall–Kier alpha value is -1.30. The van der Waals surface area contributed by atoms with Crippen molar-refractivity contribution in [1.82, 2.24) is 9.88 Å². The molecule has 0 saturated carbocycles. The largest absolute Gasteiger partial charge is 0.444 e. The molecule has 0 radical (unpaired) electrons. The van der Waals surface area contributed by atoms with E-state index in [-0.39, 0.29) is 12.1 Å². The van der Waals surface area contributed by atoms with Gasteiger partial charge in [-0.3, -0.25) is 0 Å². The van der Waals surface area contributed by atoms with Crippen LogP contribution in [0.1, 0.15) is 20.8 Å². The van der Waals surface area contributed by atoms with Crippen LogP contribution in [0.5, 0.6) is 0 Å². The number of amides is 1. The Morgan fingerprint density at radius 1 is 1.47 bits per heavy atom. The highest BCUT2D eigenvalue weighted by molar-refractivity contribution is 9.10. The van der Waals surface area contributed by atoms with E-state index < -0.39 is 5.60 Å². The van der Waals surface area contributed by atoms with Crippen LogP contribution in [-0.4, -0.2) is 40.7 Å². The predicted molar refractivity (Wildman–Crippen MR) is 77.2 cm³/mol. The quantitative estimate of drug-likeness (QED) is 0.848. The van der Waals surface area contributed by atoms with Crippen molar-refractivity contribution in [1.29, 1.82) is 0 Å². The maximum absolute atomic E-state index is 11.7.